The maximum absolute atomic E-state index is 14.7. The number of nitro groups is 1. The first kappa shape index (κ1) is 26.0. The Labute approximate surface area is 197 Å². The van der Waals surface area contributed by atoms with Crippen LogP contribution in [0.25, 0.3) is 11.1 Å². The average molecular weight is 496 g/mol. The van der Waals surface area contributed by atoms with Crippen molar-refractivity contribution in [3.05, 3.63) is 93.5 Å². The Kier molecular flexibility index (Phi) is 8.03. The number of hydrogen-bond acceptors (Lipinski definition) is 5. The van der Waals surface area contributed by atoms with Gasteiger partial charge in [0.2, 0.25) is 0 Å². The van der Waals surface area contributed by atoms with E-state index in [2.05, 4.69) is 0 Å². The molecule has 0 saturated carbocycles. The molecular formula is C24H21F5N2O4. The van der Waals surface area contributed by atoms with Gasteiger partial charge in [0.25, 0.3) is 5.69 Å². The summed E-state index contributed by atoms with van der Waals surface area (Å²) in [6.07, 6.45) is -5.68. The van der Waals surface area contributed by atoms with E-state index in [1.54, 1.807) is 11.9 Å². The number of non-ortho nitro benzene ring substituents is 1. The molecule has 0 aliphatic carbocycles. The number of aliphatic hydroxyl groups excluding tert-OH is 1. The third-order valence-electron chi connectivity index (χ3n) is 5.12. The Hall–Kier alpha value is -3.57. The van der Waals surface area contributed by atoms with Crippen LogP contribution in [0.15, 0.2) is 60.7 Å². The number of ether oxygens (including phenoxy) is 1. The van der Waals surface area contributed by atoms with E-state index in [-0.39, 0.29) is 42.1 Å². The number of benzene rings is 3. The number of alkyl halides is 3. The summed E-state index contributed by atoms with van der Waals surface area (Å²) >= 11 is 0. The van der Waals surface area contributed by atoms with Crippen LogP contribution in [-0.4, -0.2) is 41.2 Å². The van der Waals surface area contributed by atoms with E-state index in [0.29, 0.717) is 6.07 Å². The van der Waals surface area contributed by atoms with Crippen LogP contribution in [0.2, 0.25) is 0 Å². The second-order valence-corrected chi connectivity index (χ2v) is 7.88. The minimum Gasteiger partial charge on any atom is -0.488 e. The van der Waals surface area contributed by atoms with E-state index >= 15 is 0 Å². The molecule has 186 valence electrons. The lowest BCUT2D eigenvalue weighted by Crippen LogP contribution is -2.33. The van der Waals surface area contributed by atoms with Crippen LogP contribution in [0.1, 0.15) is 11.1 Å². The molecule has 3 aromatic rings. The Balaban J connectivity index is 1.61. The van der Waals surface area contributed by atoms with Gasteiger partial charge in [-0.05, 0) is 36.4 Å². The van der Waals surface area contributed by atoms with Crippen LogP contribution in [0.4, 0.5) is 27.6 Å². The van der Waals surface area contributed by atoms with Crippen LogP contribution in [0, 0.1) is 21.7 Å². The van der Waals surface area contributed by atoms with Gasteiger partial charge in [-0.15, -0.1) is 0 Å². The summed E-state index contributed by atoms with van der Waals surface area (Å²) in [6, 6.07) is 11.6. The maximum Gasteiger partial charge on any atom is 0.417 e. The minimum absolute atomic E-state index is 0.00665. The predicted molar refractivity (Wildman–Crippen MR) is 118 cm³/mol. The molecule has 0 amide bonds. The van der Waals surface area contributed by atoms with Crippen LogP contribution >= 0.6 is 0 Å². The quantitative estimate of drug-likeness (QED) is 0.243. The van der Waals surface area contributed by atoms with E-state index in [1.165, 1.54) is 30.3 Å². The molecule has 3 aromatic carbocycles. The molecule has 1 N–H and O–H groups in total. The lowest BCUT2D eigenvalue weighted by Gasteiger charge is -2.21. The van der Waals surface area contributed by atoms with Crippen molar-refractivity contribution in [1.82, 2.24) is 4.90 Å². The summed E-state index contributed by atoms with van der Waals surface area (Å²) < 4.78 is 73.5. The first-order valence-corrected chi connectivity index (χ1v) is 10.3. The van der Waals surface area contributed by atoms with Crippen LogP contribution in [-0.2, 0) is 12.7 Å². The molecule has 0 aliphatic heterocycles. The predicted octanol–water partition coefficient (Wildman–Crippen LogP) is 5.43. The van der Waals surface area contributed by atoms with Gasteiger partial charge in [0.15, 0.2) is 11.6 Å². The van der Waals surface area contributed by atoms with Gasteiger partial charge >= 0.3 is 6.18 Å². The van der Waals surface area contributed by atoms with Crippen molar-refractivity contribution in [3.63, 3.8) is 0 Å². The molecule has 6 nitrogen and oxygen atoms in total. The number of nitro benzene ring substituents is 1. The standard InChI is InChI=1S/C24H21F5N2O4/c1-30(13-18(32)14-35-23-9-8-17(31(33)34)11-22(23)26)12-16-7-6-15(10-21(16)25)19-4-2-3-5-20(19)24(27,28)29/h2-11,18,32H,12-14H2,1H3. The van der Waals surface area contributed by atoms with Crippen LogP contribution in [0.3, 0.4) is 0 Å². The van der Waals surface area contributed by atoms with E-state index < -0.39 is 40.1 Å². The summed E-state index contributed by atoms with van der Waals surface area (Å²) in [5.74, 6) is -1.92. The van der Waals surface area contributed by atoms with E-state index in [0.717, 1.165) is 24.3 Å². The van der Waals surface area contributed by atoms with Gasteiger partial charge in [0.05, 0.1) is 16.6 Å². The average Bonchev–Trinajstić information content (AvgIpc) is 2.79. The summed E-state index contributed by atoms with van der Waals surface area (Å²) in [4.78, 5) is 11.5. The normalized spacial score (nSPS) is 12.6. The Morgan fingerprint density at radius 1 is 1.06 bits per heavy atom. The molecule has 0 saturated heterocycles. The molecule has 0 fully saturated rings. The molecule has 0 aromatic heterocycles. The number of aliphatic hydroxyl groups is 1. The molecule has 0 spiro atoms. The first-order chi connectivity index (χ1) is 16.5. The number of likely N-dealkylation sites (N-methyl/N-ethyl adjacent to an activating group) is 1. The zero-order chi connectivity index (χ0) is 25.8. The topological polar surface area (TPSA) is 75.8 Å². The molecule has 0 heterocycles. The molecule has 11 heteroatoms. The van der Waals surface area contributed by atoms with Crippen molar-refractivity contribution in [3.8, 4) is 16.9 Å². The highest BCUT2D eigenvalue weighted by Crippen LogP contribution is 2.37. The third kappa shape index (κ3) is 6.74. The van der Waals surface area contributed by atoms with E-state index in [9.17, 15) is 37.2 Å². The molecule has 0 radical (unpaired) electrons. The molecule has 35 heavy (non-hydrogen) atoms. The van der Waals surface area contributed by atoms with Crippen molar-refractivity contribution in [2.24, 2.45) is 0 Å². The molecular weight excluding hydrogens is 475 g/mol. The highest BCUT2D eigenvalue weighted by atomic mass is 19.4. The van der Waals surface area contributed by atoms with E-state index in [4.69, 9.17) is 4.74 Å². The van der Waals surface area contributed by atoms with Gasteiger partial charge in [0, 0.05) is 24.7 Å². The summed E-state index contributed by atoms with van der Waals surface area (Å²) in [5, 5.41) is 20.8. The largest absolute Gasteiger partial charge is 0.488 e. The van der Waals surface area contributed by atoms with Crippen LogP contribution < -0.4 is 4.74 Å². The van der Waals surface area contributed by atoms with Gasteiger partial charge in [-0.1, -0.05) is 30.3 Å². The Morgan fingerprint density at radius 3 is 2.40 bits per heavy atom. The zero-order valence-corrected chi connectivity index (χ0v) is 18.4. The van der Waals surface area contributed by atoms with Gasteiger partial charge in [-0.2, -0.15) is 13.2 Å². The van der Waals surface area contributed by atoms with Crippen molar-refractivity contribution in [2.45, 2.75) is 18.8 Å². The maximum atomic E-state index is 14.7. The van der Waals surface area contributed by atoms with Crippen molar-refractivity contribution < 1.29 is 36.7 Å². The lowest BCUT2D eigenvalue weighted by molar-refractivity contribution is -0.385. The lowest BCUT2D eigenvalue weighted by atomic mass is 9.98. The monoisotopic (exact) mass is 496 g/mol. The molecule has 0 aliphatic rings. The van der Waals surface area contributed by atoms with Gasteiger partial charge in [-0.25, -0.2) is 8.78 Å². The smallest absolute Gasteiger partial charge is 0.417 e. The fourth-order valence-corrected chi connectivity index (χ4v) is 3.50. The SMILES string of the molecule is CN(Cc1ccc(-c2ccccc2C(F)(F)F)cc1F)CC(O)COc1ccc([N+](=O)[O-])cc1F. The highest BCUT2D eigenvalue weighted by molar-refractivity contribution is 5.68. The first-order valence-electron chi connectivity index (χ1n) is 10.3. The second kappa shape index (κ2) is 10.8. The molecule has 1 unspecified atom stereocenters. The fourth-order valence-electron chi connectivity index (χ4n) is 3.50. The highest BCUT2D eigenvalue weighted by Gasteiger charge is 2.33. The number of halogens is 5. The third-order valence-corrected chi connectivity index (χ3v) is 5.12. The van der Waals surface area contributed by atoms with Crippen molar-refractivity contribution >= 4 is 5.69 Å². The summed E-state index contributed by atoms with van der Waals surface area (Å²) in [6.45, 7) is -0.280. The minimum atomic E-state index is -4.58. The van der Waals surface area contributed by atoms with Crippen LogP contribution in [0.5, 0.6) is 5.75 Å². The van der Waals surface area contributed by atoms with Gasteiger partial charge < -0.3 is 9.84 Å². The van der Waals surface area contributed by atoms with Gasteiger partial charge in [-0.3, -0.25) is 15.0 Å². The number of nitrogens with zero attached hydrogens (tertiary/aromatic N) is 2. The molecule has 1 atom stereocenters. The fraction of sp³-hybridized carbons (Fsp3) is 0.250. The number of rotatable bonds is 9. The Bertz CT molecular complexity index is 1200. The van der Waals surface area contributed by atoms with Crippen molar-refractivity contribution in [1.29, 1.82) is 0 Å². The van der Waals surface area contributed by atoms with E-state index in [1.807, 2.05) is 0 Å². The Morgan fingerprint density at radius 2 is 1.77 bits per heavy atom. The summed E-state index contributed by atoms with van der Waals surface area (Å²) in [7, 11) is 1.59. The second-order valence-electron chi connectivity index (χ2n) is 7.88. The van der Waals surface area contributed by atoms with Crippen molar-refractivity contribution in [2.75, 3.05) is 20.2 Å². The zero-order valence-electron chi connectivity index (χ0n) is 18.4. The summed E-state index contributed by atoms with van der Waals surface area (Å²) in [5.41, 5.74) is -1.15. The molecule has 3 rings (SSSR count). The number of hydrogen-bond donors (Lipinski definition) is 1. The molecule has 0 bridgehead atoms. The van der Waals surface area contributed by atoms with Gasteiger partial charge in [0.1, 0.15) is 18.5 Å².